The molecule has 2 N–H and O–H groups in total. The van der Waals surface area contributed by atoms with E-state index >= 15 is 0 Å². The van der Waals surface area contributed by atoms with E-state index in [1.54, 1.807) is 0 Å². The summed E-state index contributed by atoms with van der Waals surface area (Å²) in [6.07, 6.45) is 0. The van der Waals surface area contributed by atoms with Gasteiger partial charge >= 0.3 is 11.7 Å². The molecule has 20 heavy (non-hydrogen) atoms. The molecule has 2 aromatic rings. The number of nitrogens with one attached hydrogen (secondary N) is 1. The molecule has 0 aliphatic carbocycles. The Morgan fingerprint density at radius 3 is 2.75 bits per heavy atom. The first kappa shape index (κ1) is 13.8. The Labute approximate surface area is 115 Å². The van der Waals surface area contributed by atoms with E-state index < -0.39 is 16.6 Å². The molecule has 0 saturated carbocycles. The number of aromatic nitrogens is 3. The number of aromatic amines is 1. The van der Waals surface area contributed by atoms with Crippen LogP contribution in [0, 0.1) is 10.1 Å². The zero-order chi connectivity index (χ0) is 14.9. The summed E-state index contributed by atoms with van der Waals surface area (Å²) in [4.78, 5) is 32.6. The van der Waals surface area contributed by atoms with Crippen LogP contribution in [-0.2, 0) is 7.05 Å². The predicted molar refractivity (Wildman–Crippen MR) is 68.0 cm³/mol. The van der Waals surface area contributed by atoms with Crippen LogP contribution in [0.4, 0.5) is 5.69 Å². The maximum atomic E-state index is 11.2. The summed E-state index contributed by atoms with van der Waals surface area (Å²) in [5.74, 6) is -1.29. The lowest BCUT2D eigenvalue weighted by atomic mass is 10.2. The highest BCUT2D eigenvalue weighted by atomic mass is 32.2. The summed E-state index contributed by atoms with van der Waals surface area (Å²) in [6, 6.07) is 3.47. The molecule has 1 aromatic carbocycles. The topological polar surface area (TPSA) is 131 Å². The van der Waals surface area contributed by atoms with Gasteiger partial charge in [0.2, 0.25) is 0 Å². The van der Waals surface area contributed by atoms with Crippen molar-refractivity contribution < 1.29 is 14.8 Å². The van der Waals surface area contributed by atoms with Crippen LogP contribution in [0.3, 0.4) is 0 Å². The highest BCUT2D eigenvalue weighted by molar-refractivity contribution is 7.99. The third kappa shape index (κ3) is 2.54. The van der Waals surface area contributed by atoms with Gasteiger partial charge in [0.05, 0.1) is 10.5 Å². The molecule has 0 fully saturated rings. The first-order chi connectivity index (χ1) is 9.40. The summed E-state index contributed by atoms with van der Waals surface area (Å²) in [5.41, 5.74) is -0.978. The minimum atomic E-state index is -1.29. The molecule has 1 aromatic heterocycles. The van der Waals surface area contributed by atoms with Crippen LogP contribution in [-0.4, -0.2) is 30.8 Å². The summed E-state index contributed by atoms with van der Waals surface area (Å²) in [6.45, 7) is 0. The van der Waals surface area contributed by atoms with Crippen molar-refractivity contribution >= 4 is 23.4 Å². The van der Waals surface area contributed by atoms with E-state index in [9.17, 15) is 19.7 Å². The Bertz CT molecular complexity index is 750. The quantitative estimate of drug-likeness (QED) is 0.632. The summed E-state index contributed by atoms with van der Waals surface area (Å²) < 4.78 is 1.21. The molecule has 0 aliphatic rings. The second-order valence-corrected chi connectivity index (χ2v) is 4.72. The van der Waals surface area contributed by atoms with E-state index in [0.29, 0.717) is 0 Å². The number of hydrogen-bond donors (Lipinski definition) is 2. The molecule has 0 spiro atoms. The molecule has 1 heterocycles. The molecular weight excluding hydrogens is 288 g/mol. The van der Waals surface area contributed by atoms with Crippen molar-refractivity contribution in [2.45, 2.75) is 10.1 Å². The number of non-ortho nitro benzene ring substituents is 1. The van der Waals surface area contributed by atoms with Crippen LogP contribution >= 0.6 is 11.8 Å². The highest BCUT2D eigenvalue weighted by Gasteiger charge is 2.18. The molecule has 0 unspecified atom stereocenters. The van der Waals surface area contributed by atoms with E-state index in [1.165, 1.54) is 23.7 Å². The normalized spacial score (nSPS) is 10.4. The van der Waals surface area contributed by atoms with E-state index in [2.05, 4.69) is 10.2 Å². The third-order valence-electron chi connectivity index (χ3n) is 2.44. The van der Waals surface area contributed by atoms with Crippen LogP contribution in [0.1, 0.15) is 10.4 Å². The van der Waals surface area contributed by atoms with Gasteiger partial charge in [-0.1, -0.05) is 0 Å². The van der Waals surface area contributed by atoms with Gasteiger partial charge in [-0.05, 0) is 17.8 Å². The standard InChI is InChI=1S/C10H8N4O5S/c1-13-9(17)11-12-10(13)20-7-3-2-5(14(18)19)4-6(7)8(15)16/h2-4H,1H3,(H,11,17)(H,15,16). The minimum Gasteiger partial charge on any atom is -0.478 e. The van der Waals surface area contributed by atoms with E-state index in [0.717, 1.165) is 17.8 Å². The van der Waals surface area contributed by atoms with Gasteiger partial charge in [0.25, 0.3) is 5.69 Å². The fourth-order valence-corrected chi connectivity index (χ4v) is 2.31. The van der Waals surface area contributed by atoms with Gasteiger partial charge in [-0.25, -0.2) is 14.7 Å². The molecule has 10 heteroatoms. The molecule has 2 rings (SSSR count). The van der Waals surface area contributed by atoms with E-state index in [-0.39, 0.29) is 21.3 Å². The zero-order valence-electron chi connectivity index (χ0n) is 10.1. The maximum absolute atomic E-state index is 11.2. The summed E-state index contributed by atoms with van der Waals surface area (Å²) in [5, 5.41) is 25.9. The van der Waals surface area contributed by atoms with E-state index in [1.807, 2.05) is 0 Å². The van der Waals surface area contributed by atoms with Crippen LogP contribution in [0.2, 0.25) is 0 Å². The Hall–Kier alpha value is -2.62. The Morgan fingerprint density at radius 2 is 2.25 bits per heavy atom. The first-order valence-electron chi connectivity index (χ1n) is 5.21. The van der Waals surface area contributed by atoms with Crippen molar-refractivity contribution in [2.75, 3.05) is 0 Å². The summed E-state index contributed by atoms with van der Waals surface area (Å²) in [7, 11) is 1.47. The molecule has 104 valence electrons. The van der Waals surface area contributed by atoms with Gasteiger partial charge in [0.15, 0.2) is 5.16 Å². The average Bonchev–Trinajstić information content (AvgIpc) is 2.70. The SMILES string of the molecule is Cn1c(Sc2ccc([N+](=O)[O-])cc2C(=O)O)n[nH]c1=O. The van der Waals surface area contributed by atoms with Gasteiger partial charge < -0.3 is 5.11 Å². The molecule has 0 aliphatic heterocycles. The van der Waals surface area contributed by atoms with Crippen LogP contribution in [0.25, 0.3) is 0 Å². The van der Waals surface area contributed by atoms with Crippen LogP contribution < -0.4 is 5.69 Å². The molecule has 9 nitrogen and oxygen atoms in total. The van der Waals surface area contributed by atoms with Crippen molar-refractivity contribution in [1.29, 1.82) is 0 Å². The fourth-order valence-electron chi connectivity index (χ4n) is 1.41. The van der Waals surface area contributed by atoms with Crippen molar-refractivity contribution in [2.24, 2.45) is 7.05 Å². The van der Waals surface area contributed by atoms with Crippen molar-refractivity contribution in [3.63, 3.8) is 0 Å². The van der Waals surface area contributed by atoms with Gasteiger partial charge in [0, 0.05) is 24.1 Å². The highest BCUT2D eigenvalue weighted by Crippen LogP contribution is 2.30. The number of benzene rings is 1. The Morgan fingerprint density at radius 1 is 1.55 bits per heavy atom. The number of H-pyrrole nitrogens is 1. The minimum absolute atomic E-state index is 0.223. The molecule has 0 radical (unpaired) electrons. The molecular formula is C10H8N4O5S. The number of aromatic carboxylic acids is 1. The molecule has 0 saturated heterocycles. The zero-order valence-corrected chi connectivity index (χ0v) is 10.9. The second-order valence-electron chi connectivity index (χ2n) is 3.72. The maximum Gasteiger partial charge on any atom is 0.343 e. The predicted octanol–water partition coefficient (Wildman–Crippen LogP) is 0.866. The number of hydrogen-bond acceptors (Lipinski definition) is 6. The van der Waals surface area contributed by atoms with Gasteiger partial charge in [-0.3, -0.25) is 14.7 Å². The van der Waals surface area contributed by atoms with E-state index in [4.69, 9.17) is 5.11 Å². The number of nitrogens with zero attached hydrogens (tertiary/aromatic N) is 3. The molecule has 0 amide bonds. The number of nitro groups is 1. The monoisotopic (exact) mass is 296 g/mol. The number of carbonyl (C=O) groups is 1. The second kappa shape index (κ2) is 5.17. The van der Waals surface area contributed by atoms with Crippen molar-refractivity contribution in [3.05, 3.63) is 44.4 Å². The lowest BCUT2D eigenvalue weighted by molar-refractivity contribution is -0.384. The largest absolute Gasteiger partial charge is 0.478 e. The Balaban J connectivity index is 2.46. The van der Waals surface area contributed by atoms with Gasteiger partial charge in [0.1, 0.15) is 0 Å². The van der Waals surface area contributed by atoms with Crippen LogP contribution in [0.15, 0.2) is 33.0 Å². The summed E-state index contributed by atoms with van der Waals surface area (Å²) >= 11 is 0.928. The molecule has 0 bridgehead atoms. The van der Waals surface area contributed by atoms with Crippen LogP contribution in [0.5, 0.6) is 0 Å². The fraction of sp³-hybridized carbons (Fsp3) is 0.100. The number of carboxylic acid groups (broad SMARTS) is 1. The number of carboxylic acids is 1. The van der Waals surface area contributed by atoms with Gasteiger partial charge in [-0.2, -0.15) is 0 Å². The lowest BCUT2D eigenvalue weighted by Gasteiger charge is -2.04. The molecule has 0 atom stereocenters. The van der Waals surface area contributed by atoms with Crippen molar-refractivity contribution in [3.8, 4) is 0 Å². The average molecular weight is 296 g/mol. The Kier molecular flexibility index (Phi) is 3.57. The van der Waals surface area contributed by atoms with Crippen molar-refractivity contribution in [1.82, 2.24) is 14.8 Å². The number of rotatable bonds is 4. The number of nitro benzene ring substituents is 1. The first-order valence-corrected chi connectivity index (χ1v) is 6.03. The third-order valence-corrected chi connectivity index (χ3v) is 3.57. The van der Waals surface area contributed by atoms with Gasteiger partial charge in [-0.15, -0.1) is 5.10 Å². The lowest BCUT2D eigenvalue weighted by Crippen LogP contribution is -2.13. The smallest absolute Gasteiger partial charge is 0.343 e.